The molecule has 31 heavy (non-hydrogen) atoms. The topological polar surface area (TPSA) is 74.3 Å². The number of carbonyl (C=O) groups excluding carboxylic acids is 2. The molecule has 1 unspecified atom stereocenters. The highest BCUT2D eigenvalue weighted by atomic mass is 16.2. The van der Waals surface area contributed by atoms with E-state index in [1.54, 1.807) is 6.20 Å². The van der Waals surface area contributed by atoms with Crippen LogP contribution in [-0.4, -0.2) is 29.9 Å². The first-order valence-electron chi connectivity index (χ1n) is 10.6. The molecule has 0 fully saturated rings. The lowest BCUT2D eigenvalue weighted by Gasteiger charge is -2.30. The first-order valence-corrected chi connectivity index (χ1v) is 10.6. The minimum absolute atomic E-state index is 0.113. The van der Waals surface area contributed by atoms with E-state index in [0.717, 1.165) is 30.6 Å². The summed E-state index contributed by atoms with van der Waals surface area (Å²) < 4.78 is 0. The Morgan fingerprint density at radius 1 is 1.03 bits per heavy atom. The monoisotopic (exact) mass is 414 g/mol. The van der Waals surface area contributed by atoms with Crippen molar-refractivity contribution in [1.82, 2.24) is 10.3 Å². The third-order valence-corrected chi connectivity index (χ3v) is 5.65. The van der Waals surface area contributed by atoms with E-state index in [1.807, 2.05) is 54.7 Å². The number of rotatable bonds is 6. The van der Waals surface area contributed by atoms with Crippen LogP contribution < -0.4 is 15.5 Å². The molecule has 0 saturated carbocycles. The Hall–Kier alpha value is -3.67. The molecule has 1 atom stereocenters. The minimum atomic E-state index is -0.670. The molecule has 0 radical (unpaired) electrons. The molecule has 2 N–H and O–H groups in total. The van der Waals surface area contributed by atoms with Crippen LogP contribution in [-0.2, 0) is 22.4 Å². The van der Waals surface area contributed by atoms with Crippen molar-refractivity contribution in [3.05, 3.63) is 89.7 Å². The average molecular weight is 415 g/mol. The van der Waals surface area contributed by atoms with Crippen LogP contribution in [0.1, 0.15) is 29.7 Å². The van der Waals surface area contributed by atoms with Gasteiger partial charge in [0.15, 0.2) is 0 Å². The summed E-state index contributed by atoms with van der Waals surface area (Å²) in [6, 6.07) is 19.6. The second kappa shape index (κ2) is 9.43. The lowest BCUT2D eigenvalue weighted by atomic mass is 10.1. The summed E-state index contributed by atoms with van der Waals surface area (Å²) >= 11 is 0. The molecule has 6 heteroatoms. The Morgan fingerprint density at radius 2 is 1.84 bits per heavy atom. The molecule has 0 saturated heterocycles. The summed E-state index contributed by atoms with van der Waals surface area (Å²) in [5.74, 6) is -1.32. The van der Waals surface area contributed by atoms with E-state index < -0.39 is 11.8 Å². The highest BCUT2D eigenvalue weighted by Gasteiger charge is 2.28. The standard InChI is InChI=1S/C25H26N4O2/c1-2-18-9-11-21(12-10-18)28-25(31)24(30)27-17-23(20-7-5-14-26-16-20)29-15-13-19-6-3-4-8-22(19)29/h3-12,14,16,23H,2,13,15,17H2,1H3,(H,27,30)(H,28,31). The van der Waals surface area contributed by atoms with Crippen LogP contribution in [0.4, 0.5) is 11.4 Å². The zero-order valence-electron chi connectivity index (χ0n) is 17.5. The van der Waals surface area contributed by atoms with Gasteiger partial charge in [0.2, 0.25) is 0 Å². The normalized spacial score (nSPS) is 13.4. The van der Waals surface area contributed by atoms with Gasteiger partial charge in [-0.1, -0.05) is 43.3 Å². The van der Waals surface area contributed by atoms with Crippen molar-refractivity contribution in [2.24, 2.45) is 0 Å². The summed E-state index contributed by atoms with van der Waals surface area (Å²) in [4.78, 5) is 31.4. The van der Waals surface area contributed by atoms with Crippen LogP contribution in [0.2, 0.25) is 0 Å². The molecule has 2 amide bonds. The first-order chi connectivity index (χ1) is 15.2. The average Bonchev–Trinajstić information content (AvgIpc) is 3.24. The predicted molar refractivity (Wildman–Crippen MR) is 122 cm³/mol. The van der Waals surface area contributed by atoms with Crippen LogP contribution in [0.3, 0.4) is 0 Å². The molecule has 2 heterocycles. The van der Waals surface area contributed by atoms with Gasteiger partial charge in [0, 0.05) is 36.9 Å². The number of carbonyl (C=O) groups is 2. The number of anilines is 2. The van der Waals surface area contributed by atoms with Crippen molar-refractivity contribution in [3.8, 4) is 0 Å². The molecule has 0 spiro atoms. The maximum Gasteiger partial charge on any atom is 0.313 e. The van der Waals surface area contributed by atoms with Crippen molar-refractivity contribution in [2.75, 3.05) is 23.3 Å². The summed E-state index contributed by atoms with van der Waals surface area (Å²) in [5.41, 5.74) is 5.22. The maximum absolute atomic E-state index is 12.5. The van der Waals surface area contributed by atoms with E-state index >= 15 is 0 Å². The fraction of sp³-hybridized carbons (Fsp3) is 0.240. The number of aryl methyl sites for hydroxylation is 1. The van der Waals surface area contributed by atoms with Gasteiger partial charge in [-0.25, -0.2) is 0 Å². The highest BCUT2D eigenvalue weighted by molar-refractivity contribution is 6.39. The Kier molecular flexibility index (Phi) is 6.26. The first kappa shape index (κ1) is 20.6. The molecule has 1 aliphatic rings. The van der Waals surface area contributed by atoms with Gasteiger partial charge in [-0.3, -0.25) is 14.6 Å². The van der Waals surface area contributed by atoms with Gasteiger partial charge < -0.3 is 15.5 Å². The number of hydrogen-bond acceptors (Lipinski definition) is 4. The quantitative estimate of drug-likeness (QED) is 0.606. The van der Waals surface area contributed by atoms with Gasteiger partial charge in [-0.05, 0) is 53.8 Å². The van der Waals surface area contributed by atoms with E-state index in [-0.39, 0.29) is 6.04 Å². The fourth-order valence-corrected chi connectivity index (χ4v) is 3.95. The number of hydrogen-bond donors (Lipinski definition) is 2. The smallest absolute Gasteiger partial charge is 0.313 e. The fourth-order valence-electron chi connectivity index (χ4n) is 3.95. The Morgan fingerprint density at radius 3 is 2.58 bits per heavy atom. The van der Waals surface area contributed by atoms with Crippen molar-refractivity contribution in [2.45, 2.75) is 25.8 Å². The van der Waals surface area contributed by atoms with Gasteiger partial charge in [0.25, 0.3) is 0 Å². The molecular weight excluding hydrogens is 388 g/mol. The third kappa shape index (κ3) is 4.74. The van der Waals surface area contributed by atoms with Gasteiger partial charge >= 0.3 is 11.8 Å². The van der Waals surface area contributed by atoms with Crippen molar-refractivity contribution in [3.63, 3.8) is 0 Å². The van der Waals surface area contributed by atoms with Crippen molar-refractivity contribution < 1.29 is 9.59 Å². The lowest BCUT2D eigenvalue weighted by molar-refractivity contribution is -0.136. The summed E-state index contributed by atoms with van der Waals surface area (Å²) in [7, 11) is 0. The minimum Gasteiger partial charge on any atom is -0.362 e. The largest absolute Gasteiger partial charge is 0.362 e. The maximum atomic E-state index is 12.5. The lowest BCUT2D eigenvalue weighted by Crippen LogP contribution is -2.41. The Balaban J connectivity index is 1.45. The summed E-state index contributed by atoms with van der Waals surface area (Å²) in [6.07, 6.45) is 5.42. The van der Waals surface area contributed by atoms with Gasteiger partial charge in [-0.2, -0.15) is 0 Å². The number of para-hydroxylation sites is 1. The second-order valence-corrected chi connectivity index (χ2v) is 7.59. The number of fused-ring (bicyclic) bond motifs is 1. The van der Waals surface area contributed by atoms with E-state index in [9.17, 15) is 9.59 Å². The molecule has 2 aromatic carbocycles. The number of benzene rings is 2. The molecule has 1 aromatic heterocycles. The number of nitrogens with zero attached hydrogens (tertiary/aromatic N) is 2. The highest BCUT2D eigenvalue weighted by Crippen LogP contribution is 2.34. The Bertz CT molecular complexity index is 1050. The van der Waals surface area contributed by atoms with Gasteiger partial charge in [0.05, 0.1) is 6.04 Å². The van der Waals surface area contributed by atoms with Crippen LogP contribution in [0.25, 0.3) is 0 Å². The molecular formula is C25H26N4O2. The molecule has 1 aliphatic heterocycles. The second-order valence-electron chi connectivity index (χ2n) is 7.59. The molecule has 0 bridgehead atoms. The van der Waals surface area contributed by atoms with Gasteiger partial charge in [-0.15, -0.1) is 0 Å². The van der Waals surface area contributed by atoms with E-state index in [0.29, 0.717) is 12.2 Å². The summed E-state index contributed by atoms with van der Waals surface area (Å²) in [6.45, 7) is 3.23. The zero-order chi connectivity index (χ0) is 21.6. The zero-order valence-corrected chi connectivity index (χ0v) is 17.5. The van der Waals surface area contributed by atoms with Crippen LogP contribution >= 0.6 is 0 Å². The van der Waals surface area contributed by atoms with Crippen molar-refractivity contribution in [1.29, 1.82) is 0 Å². The van der Waals surface area contributed by atoms with E-state index in [4.69, 9.17) is 0 Å². The Labute approximate surface area is 182 Å². The van der Waals surface area contributed by atoms with E-state index in [1.165, 1.54) is 11.1 Å². The molecule has 0 aliphatic carbocycles. The molecule has 6 nitrogen and oxygen atoms in total. The van der Waals surface area contributed by atoms with E-state index in [2.05, 4.69) is 39.6 Å². The van der Waals surface area contributed by atoms with Crippen molar-refractivity contribution >= 4 is 23.2 Å². The predicted octanol–water partition coefficient (Wildman–Crippen LogP) is 3.50. The van der Waals surface area contributed by atoms with Crippen LogP contribution in [0.15, 0.2) is 73.1 Å². The molecule has 4 rings (SSSR count). The number of amides is 2. The van der Waals surface area contributed by atoms with Crippen LogP contribution in [0.5, 0.6) is 0 Å². The van der Waals surface area contributed by atoms with Gasteiger partial charge in [0.1, 0.15) is 0 Å². The molecule has 158 valence electrons. The van der Waals surface area contributed by atoms with Crippen LogP contribution in [0, 0.1) is 0 Å². The molecule has 3 aromatic rings. The number of aromatic nitrogens is 1. The summed E-state index contributed by atoms with van der Waals surface area (Å²) in [5, 5.41) is 5.48. The SMILES string of the molecule is CCc1ccc(NC(=O)C(=O)NCC(c2cccnc2)N2CCc3ccccc32)cc1. The number of nitrogens with one attached hydrogen (secondary N) is 2. The third-order valence-electron chi connectivity index (χ3n) is 5.65. The number of pyridine rings is 1.